The Balaban J connectivity index is 2.39. The lowest BCUT2D eigenvalue weighted by Gasteiger charge is -2.23. The minimum atomic E-state index is 1.05. The van der Waals surface area contributed by atoms with Crippen molar-refractivity contribution in [2.24, 2.45) is 0 Å². The largest absolute Gasteiger partial charge is 0.303 e. The summed E-state index contributed by atoms with van der Waals surface area (Å²) >= 11 is 0. The molecule has 96 valence electrons. The lowest BCUT2D eigenvalue weighted by molar-refractivity contribution is 0.236. The molecular weight excluding hydrogens is 208 g/mol. The van der Waals surface area contributed by atoms with Crippen molar-refractivity contribution in [2.45, 2.75) is 27.3 Å². The maximum Gasteiger partial charge on any atom is 0.0233 e. The van der Waals surface area contributed by atoms with E-state index in [1.54, 1.807) is 0 Å². The Morgan fingerprint density at radius 2 is 1.65 bits per heavy atom. The summed E-state index contributed by atoms with van der Waals surface area (Å²) in [6, 6.07) is 8.64. The van der Waals surface area contributed by atoms with Crippen molar-refractivity contribution in [2.75, 3.05) is 33.2 Å². The Morgan fingerprint density at radius 3 is 2.24 bits per heavy atom. The molecule has 0 unspecified atom stereocenters. The van der Waals surface area contributed by atoms with Crippen molar-refractivity contribution in [1.82, 2.24) is 9.80 Å². The summed E-state index contributed by atoms with van der Waals surface area (Å²) in [5, 5.41) is 0. The molecule has 0 aliphatic carbocycles. The maximum absolute atomic E-state index is 2.47. The summed E-state index contributed by atoms with van der Waals surface area (Å²) in [6.07, 6.45) is 0. The summed E-state index contributed by atoms with van der Waals surface area (Å²) in [7, 11) is 2.20. The SMILES string of the molecule is CCN(CC)CCN(C)Cc1ccccc1C. The average Bonchev–Trinajstić information content (AvgIpc) is 2.33. The Labute approximate surface area is 106 Å². The van der Waals surface area contributed by atoms with Gasteiger partial charge in [0, 0.05) is 19.6 Å². The Bertz CT molecular complexity index is 318. The molecule has 1 rings (SSSR count). The molecule has 0 fully saturated rings. The first-order chi connectivity index (χ1) is 8.17. The van der Waals surface area contributed by atoms with Crippen molar-refractivity contribution in [3.63, 3.8) is 0 Å². The summed E-state index contributed by atoms with van der Waals surface area (Å²) in [5.74, 6) is 0. The number of hydrogen-bond donors (Lipinski definition) is 0. The number of likely N-dealkylation sites (N-methyl/N-ethyl adjacent to an activating group) is 2. The second-order valence-electron chi connectivity index (χ2n) is 4.69. The number of aryl methyl sites for hydroxylation is 1. The standard InChI is InChI=1S/C15H26N2/c1-5-17(6-2)12-11-16(4)13-15-10-8-7-9-14(15)3/h7-10H,5-6,11-13H2,1-4H3. The molecule has 0 amide bonds. The van der Waals surface area contributed by atoms with Crippen LogP contribution < -0.4 is 0 Å². The molecular formula is C15H26N2. The summed E-state index contributed by atoms with van der Waals surface area (Å²) in [6.45, 7) is 12.3. The van der Waals surface area contributed by atoms with E-state index in [-0.39, 0.29) is 0 Å². The van der Waals surface area contributed by atoms with E-state index in [0.717, 1.165) is 32.7 Å². The van der Waals surface area contributed by atoms with Crippen LogP contribution >= 0.6 is 0 Å². The molecule has 0 bridgehead atoms. The lowest BCUT2D eigenvalue weighted by atomic mass is 10.1. The quantitative estimate of drug-likeness (QED) is 0.716. The van der Waals surface area contributed by atoms with Crippen LogP contribution in [0.15, 0.2) is 24.3 Å². The second kappa shape index (κ2) is 7.46. The highest BCUT2D eigenvalue weighted by atomic mass is 15.2. The van der Waals surface area contributed by atoms with E-state index in [0.29, 0.717) is 0 Å². The summed E-state index contributed by atoms with van der Waals surface area (Å²) in [5.41, 5.74) is 2.83. The van der Waals surface area contributed by atoms with Crippen LogP contribution in [-0.4, -0.2) is 43.0 Å². The fraction of sp³-hybridized carbons (Fsp3) is 0.600. The van der Waals surface area contributed by atoms with E-state index in [1.165, 1.54) is 11.1 Å². The van der Waals surface area contributed by atoms with Crippen LogP contribution in [0.5, 0.6) is 0 Å². The monoisotopic (exact) mass is 234 g/mol. The first-order valence-corrected chi connectivity index (χ1v) is 6.62. The minimum Gasteiger partial charge on any atom is -0.303 e. The van der Waals surface area contributed by atoms with Gasteiger partial charge >= 0.3 is 0 Å². The third-order valence-electron chi connectivity index (χ3n) is 3.39. The molecule has 1 aromatic rings. The van der Waals surface area contributed by atoms with Gasteiger partial charge in [0.1, 0.15) is 0 Å². The maximum atomic E-state index is 2.47. The van der Waals surface area contributed by atoms with Gasteiger partial charge in [0.25, 0.3) is 0 Å². The number of benzene rings is 1. The highest BCUT2D eigenvalue weighted by Crippen LogP contribution is 2.09. The molecule has 0 aliphatic heterocycles. The number of rotatable bonds is 7. The van der Waals surface area contributed by atoms with E-state index in [2.05, 4.69) is 61.9 Å². The number of nitrogens with zero attached hydrogens (tertiary/aromatic N) is 2. The molecule has 0 heterocycles. The Morgan fingerprint density at radius 1 is 1.00 bits per heavy atom. The van der Waals surface area contributed by atoms with Crippen molar-refractivity contribution in [3.05, 3.63) is 35.4 Å². The van der Waals surface area contributed by atoms with Crippen LogP contribution in [-0.2, 0) is 6.54 Å². The van der Waals surface area contributed by atoms with E-state index in [1.807, 2.05) is 0 Å². The van der Waals surface area contributed by atoms with Crippen molar-refractivity contribution in [1.29, 1.82) is 0 Å². The predicted octanol–water partition coefficient (Wildman–Crippen LogP) is 2.77. The first kappa shape index (κ1) is 14.2. The second-order valence-corrected chi connectivity index (χ2v) is 4.69. The molecule has 0 aliphatic rings. The van der Waals surface area contributed by atoms with Crippen LogP contribution in [0.25, 0.3) is 0 Å². The molecule has 0 aromatic heterocycles. The third kappa shape index (κ3) is 4.88. The zero-order valence-electron chi connectivity index (χ0n) is 11.7. The van der Waals surface area contributed by atoms with Gasteiger partial charge in [-0.15, -0.1) is 0 Å². The third-order valence-corrected chi connectivity index (χ3v) is 3.39. The Kier molecular flexibility index (Phi) is 6.23. The molecule has 0 N–H and O–H groups in total. The van der Waals surface area contributed by atoms with Gasteiger partial charge in [0.2, 0.25) is 0 Å². The topological polar surface area (TPSA) is 6.48 Å². The van der Waals surface area contributed by atoms with E-state index < -0.39 is 0 Å². The molecule has 0 saturated heterocycles. The molecule has 0 saturated carbocycles. The van der Waals surface area contributed by atoms with Crippen LogP contribution in [0.4, 0.5) is 0 Å². The fourth-order valence-electron chi connectivity index (χ4n) is 2.01. The van der Waals surface area contributed by atoms with E-state index in [4.69, 9.17) is 0 Å². The highest BCUT2D eigenvalue weighted by molar-refractivity contribution is 5.25. The van der Waals surface area contributed by atoms with Gasteiger partial charge in [-0.25, -0.2) is 0 Å². The smallest absolute Gasteiger partial charge is 0.0233 e. The molecule has 2 heteroatoms. The van der Waals surface area contributed by atoms with Gasteiger partial charge in [0.05, 0.1) is 0 Å². The van der Waals surface area contributed by atoms with Crippen LogP contribution in [0.3, 0.4) is 0 Å². The minimum absolute atomic E-state index is 1.05. The summed E-state index contributed by atoms with van der Waals surface area (Å²) < 4.78 is 0. The van der Waals surface area contributed by atoms with Crippen LogP contribution in [0.2, 0.25) is 0 Å². The zero-order valence-corrected chi connectivity index (χ0v) is 11.7. The molecule has 17 heavy (non-hydrogen) atoms. The zero-order chi connectivity index (χ0) is 12.7. The van der Waals surface area contributed by atoms with Gasteiger partial charge in [-0.05, 0) is 38.2 Å². The Hall–Kier alpha value is -0.860. The molecule has 0 spiro atoms. The molecule has 0 radical (unpaired) electrons. The van der Waals surface area contributed by atoms with Gasteiger partial charge in [-0.2, -0.15) is 0 Å². The molecule has 1 aromatic carbocycles. The first-order valence-electron chi connectivity index (χ1n) is 6.62. The van der Waals surface area contributed by atoms with E-state index >= 15 is 0 Å². The van der Waals surface area contributed by atoms with E-state index in [9.17, 15) is 0 Å². The van der Waals surface area contributed by atoms with Gasteiger partial charge < -0.3 is 9.80 Å². The van der Waals surface area contributed by atoms with Crippen molar-refractivity contribution in [3.8, 4) is 0 Å². The fourth-order valence-corrected chi connectivity index (χ4v) is 2.01. The van der Waals surface area contributed by atoms with Crippen LogP contribution in [0, 0.1) is 6.92 Å². The van der Waals surface area contributed by atoms with Crippen molar-refractivity contribution < 1.29 is 0 Å². The van der Waals surface area contributed by atoms with Crippen LogP contribution in [0.1, 0.15) is 25.0 Å². The number of hydrogen-bond acceptors (Lipinski definition) is 2. The molecule has 0 atom stereocenters. The van der Waals surface area contributed by atoms with Gasteiger partial charge in [-0.1, -0.05) is 38.1 Å². The summed E-state index contributed by atoms with van der Waals surface area (Å²) in [4.78, 5) is 4.87. The van der Waals surface area contributed by atoms with Gasteiger partial charge in [0.15, 0.2) is 0 Å². The predicted molar refractivity (Wildman–Crippen MR) is 75.3 cm³/mol. The van der Waals surface area contributed by atoms with Gasteiger partial charge in [-0.3, -0.25) is 0 Å². The normalized spacial score (nSPS) is 11.4. The average molecular weight is 234 g/mol. The highest BCUT2D eigenvalue weighted by Gasteiger charge is 2.04. The molecule has 2 nitrogen and oxygen atoms in total. The lowest BCUT2D eigenvalue weighted by Crippen LogP contribution is -2.32. The van der Waals surface area contributed by atoms with Crippen molar-refractivity contribution >= 4 is 0 Å².